The van der Waals surface area contributed by atoms with Gasteiger partial charge in [0.05, 0.1) is 4.90 Å². The van der Waals surface area contributed by atoms with Crippen molar-refractivity contribution in [2.75, 3.05) is 0 Å². The molecule has 7 heteroatoms. The van der Waals surface area contributed by atoms with E-state index in [0.29, 0.717) is 23.8 Å². The van der Waals surface area contributed by atoms with Crippen molar-refractivity contribution in [3.05, 3.63) is 29.8 Å². The normalized spacial score (nSPS) is 29.1. The van der Waals surface area contributed by atoms with Gasteiger partial charge in [0.15, 0.2) is 0 Å². The van der Waals surface area contributed by atoms with Crippen LogP contribution in [0.2, 0.25) is 0 Å². The summed E-state index contributed by atoms with van der Waals surface area (Å²) in [6, 6.07) is 6.47. The van der Waals surface area contributed by atoms with Crippen LogP contribution in [0.4, 0.5) is 0 Å². The zero-order valence-electron chi connectivity index (χ0n) is 16.1. The predicted octanol–water partition coefficient (Wildman–Crippen LogP) is 2.40. The third-order valence-corrected chi connectivity index (χ3v) is 7.68. The maximum atomic E-state index is 12.7. The Labute approximate surface area is 162 Å². The lowest BCUT2D eigenvalue weighted by atomic mass is 9.67. The fraction of sp³-hybridized carbons (Fsp3) is 0.650. The van der Waals surface area contributed by atoms with E-state index in [2.05, 4.69) is 10.0 Å². The van der Waals surface area contributed by atoms with E-state index in [1.165, 1.54) is 18.6 Å². The molecule has 3 rings (SSSR count). The molecular weight excluding hydrogens is 362 g/mol. The van der Waals surface area contributed by atoms with Crippen LogP contribution in [0.1, 0.15) is 62.7 Å². The highest BCUT2D eigenvalue weighted by Crippen LogP contribution is 2.39. The van der Waals surface area contributed by atoms with E-state index in [1.807, 2.05) is 13.8 Å². The molecule has 0 radical (unpaired) electrons. The molecule has 2 aliphatic rings. The molecule has 0 heterocycles. The Balaban J connectivity index is 1.67. The Kier molecular flexibility index (Phi) is 6.23. The highest BCUT2D eigenvalue weighted by Gasteiger charge is 2.39. The summed E-state index contributed by atoms with van der Waals surface area (Å²) in [5.74, 6) is 0.776. The van der Waals surface area contributed by atoms with Gasteiger partial charge in [-0.05, 0) is 75.1 Å². The van der Waals surface area contributed by atoms with Gasteiger partial charge in [-0.25, -0.2) is 13.1 Å². The summed E-state index contributed by atoms with van der Waals surface area (Å²) < 4.78 is 27.3. The molecule has 4 N–H and O–H groups in total. The molecule has 1 aromatic carbocycles. The number of carbonyl (C=O) groups excluding carboxylic acids is 1. The maximum absolute atomic E-state index is 12.7. The standard InChI is InChI=1S/C20H31N3O3S/c1-3-13(2)23-27(25,26)18-9-7-14(8-10-18)20(24)22-19-15-5-4-6-16(19)12-17(21)11-15/h7-10,13,15-17,19,23H,3-6,11-12,21H2,1-2H3,(H,22,24). The van der Waals surface area contributed by atoms with E-state index < -0.39 is 10.0 Å². The van der Waals surface area contributed by atoms with E-state index in [1.54, 1.807) is 12.1 Å². The average Bonchev–Trinajstić information content (AvgIpc) is 2.62. The van der Waals surface area contributed by atoms with Crippen LogP contribution < -0.4 is 15.8 Å². The molecular formula is C20H31N3O3S. The van der Waals surface area contributed by atoms with Crippen LogP contribution in [0.15, 0.2) is 29.2 Å². The summed E-state index contributed by atoms with van der Waals surface area (Å²) in [7, 11) is -3.56. The SMILES string of the molecule is CCC(C)NS(=O)(=O)c1ccc(C(=O)NC2C3CCCC2CC(N)C3)cc1. The second-order valence-corrected chi connectivity index (χ2v) is 9.85. The van der Waals surface area contributed by atoms with E-state index in [0.717, 1.165) is 25.7 Å². The van der Waals surface area contributed by atoms with Gasteiger partial charge >= 0.3 is 0 Å². The molecule has 6 nitrogen and oxygen atoms in total. The number of fused-ring (bicyclic) bond motifs is 2. The summed E-state index contributed by atoms with van der Waals surface area (Å²) >= 11 is 0. The molecule has 0 aliphatic heterocycles. The van der Waals surface area contributed by atoms with Crippen LogP contribution >= 0.6 is 0 Å². The van der Waals surface area contributed by atoms with Gasteiger partial charge in [0.1, 0.15) is 0 Å². The van der Waals surface area contributed by atoms with E-state index >= 15 is 0 Å². The smallest absolute Gasteiger partial charge is 0.251 e. The van der Waals surface area contributed by atoms with Gasteiger partial charge in [-0.1, -0.05) is 13.3 Å². The lowest BCUT2D eigenvalue weighted by Crippen LogP contribution is -2.53. The number of nitrogens with two attached hydrogens (primary N) is 1. The van der Waals surface area contributed by atoms with Crippen LogP contribution in [-0.2, 0) is 10.0 Å². The van der Waals surface area contributed by atoms with Crippen molar-refractivity contribution in [1.29, 1.82) is 0 Å². The summed E-state index contributed by atoms with van der Waals surface area (Å²) in [6.07, 6.45) is 6.11. The number of nitrogens with one attached hydrogen (secondary N) is 2. The van der Waals surface area contributed by atoms with Crippen LogP contribution in [0.3, 0.4) is 0 Å². The van der Waals surface area contributed by atoms with Gasteiger partial charge < -0.3 is 11.1 Å². The zero-order chi connectivity index (χ0) is 19.6. The van der Waals surface area contributed by atoms with Gasteiger partial charge in [-0.3, -0.25) is 4.79 Å². The topological polar surface area (TPSA) is 101 Å². The van der Waals surface area contributed by atoms with E-state index in [-0.39, 0.29) is 28.9 Å². The lowest BCUT2D eigenvalue weighted by molar-refractivity contribution is 0.0756. The van der Waals surface area contributed by atoms with Gasteiger partial charge in [0.25, 0.3) is 5.91 Å². The average molecular weight is 394 g/mol. The van der Waals surface area contributed by atoms with Crippen molar-refractivity contribution in [1.82, 2.24) is 10.0 Å². The van der Waals surface area contributed by atoms with Crippen molar-refractivity contribution in [2.45, 2.75) is 75.4 Å². The molecule has 1 amide bonds. The third-order valence-electron chi connectivity index (χ3n) is 6.07. The quantitative estimate of drug-likeness (QED) is 0.691. The van der Waals surface area contributed by atoms with Crippen molar-refractivity contribution in [2.24, 2.45) is 17.6 Å². The second-order valence-electron chi connectivity index (χ2n) is 8.14. The fourth-order valence-corrected chi connectivity index (χ4v) is 5.79. The number of rotatable bonds is 6. The molecule has 0 saturated heterocycles. The first-order valence-corrected chi connectivity index (χ1v) is 11.5. The molecule has 2 fully saturated rings. The van der Waals surface area contributed by atoms with Crippen molar-refractivity contribution < 1.29 is 13.2 Å². The number of sulfonamides is 1. The summed E-state index contributed by atoms with van der Waals surface area (Å²) in [4.78, 5) is 12.9. The lowest BCUT2D eigenvalue weighted by Gasteiger charge is -2.45. The van der Waals surface area contributed by atoms with Crippen LogP contribution in [0.25, 0.3) is 0 Å². The Bertz CT molecular complexity index is 749. The third kappa shape index (κ3) is 4.70. The van der Waals surface area contributed by atoms with Crippen LogP contribution in [-0.4, -0.2) is 32.5 Å². The maximum Gasteiger partial charge on any atom is 0.251 e. The number of hydrogen-bond acceptors (Lipinski definition) is 4. The van der Waals surface area contributed by atoms with Gasteiger partial charge in [-0.15, -0.1) is 0 Å². The van der Waals surface area contributed by atoms with Crippen molar-refractivity contribution in [3.8, 4) is 0 Å². The number of amides is 1. The molecule has 3 unspecified atom stereocenters. The number of carbonyl (C=O) groups is 1. The molecule has 0 aromatic heterocycles. The highest BCUT2D eigenvalue weighted by atomic mass is 32.2. The first kappa shape index (κ1) is 20.3. The molecule has 2 aliphatic carbocycles. The number of hydrogen-bond donors (Lipinski definition) is 3. The monoisotopic (exact) mass is 393 g/mol. The largest absolute Gasteiger partial charge is 0.349 e. The first-order chi connectivity index (χ1) is 12.8. The van der Waals surface area contributed by atoms with Crippen LogP contribution in [0.5, 0.6) is 0 Å². The van der Waals surface area contributed by atoms with E-state index in [9.17, 15) is 13.2 Å². The van der Waals surface area contributed by atoms with Gasteiger partial charge in [0.2, 0.25) is 10.0 Å². The van der Waals surface area contributed by atoms with Gasteiger partial charge in [0, 0.05) is 23.7 Å². The summed E-state index contributed by atoms with van der Waals surface area (Å²) in [5.41, 5.74) is 6.65. The number of benzene rings is 1. The fourth-order valence-electron chi connectivity index (χ4n) is 4.46. The Hall–Kier alpha value is -1.44. The van der Waals surface area contributed by atoms with E-state index in [4.69, 9.17) is 5.73 Å². The molecule has 3 atom stereocenters. The Morgan fingerprint density at radius 1 is 1.19 bits per heavy atom. The predicted molar refractivity (Wildman–Crippen MR) is 106 cm³/mol. The molecule has 2 saturated carbocycles. The van der Waals surface area contributed by atoms with Crippen molar-refractivity contribution >= 4 is 15.9 Å². The second kappa shape index (κ2) is 8.29. The first-order valence-electron chi connectivity index (χ1n) is 9.99. The molecule has 0 spiro atoms. The Morgan fingerprint density at radius 2 is 1.78 bits per heavy atom. The Morgan fingerprint density at radius 3 is 2.33 bits per heavy atom. The minimum Gasteiger partial charge on any atom is -0.349 e. The van der Waals surface area contributed by atoms with Crippen LogP contribution in [0, 0.1) is 11.8 Å². The minimum absolute atomic E-state index is 0.130. The molecule has 150 valence electrons. The zero-order valence-corrected chi connectivity index (χ0v) is 17.0. The summed E-state index contributed by atoms with van der Waals surface area (Å²) in [5, 5.41) is 3.20. The molecule has 27 heavy (non-hydrogen) atoms. The summed E-state index contributed by atoms with van der Waals surface area (Å²) in [6.45, 7) is 3.75. The van der Waals surface area contributed by atoms with Crippen molar-refractivity contribution in [3.63, 3.8) is 0 Å². The van der Waals surface area contributed by atoms with Gasteiger partial charge in [-0.2, -0.15) is 0 Å². The minimum atomic E-state index is -3.56. The molecule has 1 aromatic rings. The molecule has 2 bridgehead atoms. The highest BCUT2D eigenvalue weighted by molar-refractivity contribution is 7.89.